The van der Waals surface area contributed by atoms with Gasteiger partial charge in [0.2, 0.25) is 0 Å². The lowest BCUT2D eigenvalue weighted by Crippen LogP contribution is -2.68. The van der Waals surface area contributed by atoms with E-state index >= 15 is 0 Å². The molecule has 0 aromatic heterocycles. The predicted octanol–water partition coefficient (Wildman–Crippen LogP) is 0.972. The van der Waals surface area contributed by atoms with E-state index in [4.69, 9.17) is 14.2 Å². The van der Waals surface area contributed by atoms with Crippen molar-refractivity contribution >= 4 is 0 Å². The van der Waals surface area contributed by atoms with E-state index in [2.05, 4.69) is 12.1 Å². The fraction of sp³-hybridized carbons (Fsp3) is 0.571. The molecule has 0 atom stereocenters. The van der Waals surface area contributed by atoms with E-state index in [1.165, 1.54) is 5.56 Å². The highest BCUT2D eigenvalue weighted by molar-refractivity contribution is 5.37. The van der Waals surface area contributed by atoms with Crippen molar-refractivity contribution in [3.63, 3.8) is 0 Å². The summed E-state index contributed by atoms with van der Waals surface area (Å²) in [5, 5.41) is 9.74. The molecule has 3 rings (SSSR count). The minimum atomic E-state index is -0.181. The molecule has 0 amide bonds. The van der Waals surface area contributed by atoms with Crippen LogP contribution < -0.4 is 4.74 Å². The molecule has 0 unspecified atom stereocenters. The maximum absolute atomic E-state index is 9.74. The van der Waals surface area contributed by atoms with Gasteiger partial charge in [-0.15, -0.1) is 0 Å². The number of methoxy groups -OCH3 is 1. The van der Waals surface area contributed by atoms with Crippen LogP contribution in [0.1, 0.15) is 5.56 Å². The lowest BCUT2D eigenvalue weighted by molar-refractivity contribution is -0.242. The molecule has 1 aromatic carbocycles. The monoisotopic (exact) mass is 250 g/mol. The van der Waals surface area contributed by atoms with Gasteiger partial charge < -0.3 is 19.3 Å². The van der Waals surface area contributed by atoms with Crippen molar-refractivity contribution in [3.8, 4) is 5.75 Å². The third kappa shape index (κ3) is 1.43. The smallest absolute Gasteiger partial charge is 0.118 e. The molecule has 0 radical (unpaired) electrons. The second-order valence-corrected chi connectivity index (χ2v) is 5.23. The largest absolute Gasteiger partial charge is 0.497 e. The fourth-order valence-corrected chi connectivity index (χ4v) is 2.86. The van der Waals surface area contributed by atoms with E-state index in [1.54, 1.807) is 7.11 Å². The Morgan fingerprint density at radius 3 is 2.06 bits per heavy atom. The van der Waals surface area contributed by atoms with Crippen molar-refractivity contribution in [2.24, 2.45) is 5.41 Å². The fourth-order valence-electron chi connectivity index (χ4n) is 2.86. The van der Waals surface area contributed by atoms with E-state index in [0.717, 1.165) is 5.75 Å². The van der Waals surface area contributed by atoms with Gasteiger partial charge in [-0.25, -0.2) is 0 Å². The zero-order valence-electron chi connectivity index (χ0n) is 10.5. The predicted molar refractivity (Wildman–Crippen MR) is 65.8 cm³/mol. The van der Waals surface area contributed by atoms with Crippen molar-refractivity contribution in [1.82, 2.24) is 0 Å². The molecule has 4 heteroatoms. The van der Waals surface area contributed by atoms with Gasteiger partial charge in [0.05, 0.1) is 51.0 Å². The third-order valence-corrected chi connectivity index (χ3v) is 4.41. The number of hydrogen-bond donors (Lipinski definition) is 1. The van der Waals surface area contributed by atoms with Gasteiger partial charge in [0.25, 0.3) is 0 Å². The van der Waals surface area contributed by atoms with E-state index in [-0.39, 0.29) is 17.4 Å². The molecular formula is C14H18O4. The van der Waals surface area contributed by atoms with Gasteiger partial charge in [-0.1, -0.05) is 12.1 Å². The maximum atomic E-state index is 9.74. The molecule has 2 fully saturated rings. The lowest BCUT2D eigenvalue weighted by atomic mass is 9.57. The van der Waals surface area contributed by atoms with Crippen LogP contribution in [0, 0.1) is 5.41 Å². The van der Waals surface area contributed by atoms with E-state index in [9.17, 15) is 5.11 Å². The molecule has 0 spiro atoms. The summed E-state index contributed by atoms with van der Waals surface area (Å²) in [5.74, 6) is 0.844. The van der Waals surface area contributed by atoms with Crippen molar-refractivity contribution in [2.45, 2.75) is 5.41 Å². The normalized spacial score (nSPS) is 23.9. The topological polar surface area (TPSA) is 47.9 Å². The Bertz CT molecular complexity index is 412. The van der Waals surface area contributed by atoms with Crippen molar-refractivity contribution < 1.29 is 19.3 Å². The average Bonchev–Trinajstić information content (AvgIpc) is 2.31. The van der Waals surface area contributed by atoms with Crippen LogP contribution in [0.25, 0.3) is 0 Å². The molecule has 4 nitrogen and oxygen atoms in total. The van der Waals surface area contributed by atoms with Crippen LogP contribution in [-0.4, -0.2) is 45.3 Å². The molecule has 0 saturated carbocycles. The van der Waals surface area contributed by atoms with Crippen LogP contribution in [0.15, 0.2) is 24.3 Å². The Kier molecular flexibility index (Phi) is 2.81. The van der Waals surface area contributed by atoms with E-state index in [1.807, 2.05) is 12.1 Å². The number of aliphatic hydroxyl groups excluding tert-OH is 1. The summed E-state index contributed by atoms with van der Waals surface area (Å²) in [5.41, 5.74) is 0.915. The summed E-state index contributed by atoms with van der Waals surface area (Å²) in [6, 6.07) is 8.05. The molecule has 1 N–H and O–H groups in total. The van der Waals surface area contributed by atoms with Gasteiger partial charge in [-0.05, 0) is 17.7 Å². The highest BCUT2D eigenvalue weighted by atomic mass is 16.5. The number of rotatable bonds is 4. The summed E-state index contributed by atoms with van der Waals surface area (Å²) >= 11 is 0. The first-order chi connectivity index (χ1) is 8.76. The first kappa shape index (κ1) is 12.0. The van der Waals surface area contributed by atoms with Crippen molar-refractivity contribution in [3.05, 3.63) is 29.8 Å². The quantitative estimate of drug-likeness (QED) is 0.865. The van der Waals surface area contributed by atoms with E-state index < -0.39 is 0 Å². The van der Waals surface area contributed by atoms with Gasteiger partial charge >= 0.3 is 0 Å². The molecule has 98 valence electrons. The minimum absolute atomic E-state index is 0.105. The zero-order valence-corrected chi connectivity index (χ0v) is 10.5. The number of hydrogen-bond acceptors (Lipinski definition) is 4. The molecule has 18 heavy (non-hydrogen) atoms. The molecule has 2 heterocycles. The van der Waals surface area contributed by atoms with Crippen LogP contribution in [-0.2, 0) is 14.9 Å². The van der Waals surface area contributed by atoms with Crippen LogP contribution in [0.3, 0.4) is 0 Å². The van der Waals surface area contributed by atoms with Gasteiger partial charge in [-0.3, -0.25) is 0 Å². The summed E-state index contributed by atoms with van der Waals surface area (Å²) < 4.78 is 16.0. The van der Waals surface area contributed by atoms with E-state index in [0.29, 0.717) is 26.4 Å². The highest BCUT2D eigenvalue weighted by Gasteiger charge is 2.60. The summed E-state index contributed by atoms with van der Waals surface area (Å²) in [6.07, 6.45) is 0. The Morgan fingerprint density at radius 1 is 1.11 bits per heavy atom. The van der Waals surface area contributed by atoms with Gasteiger partial charge in [-0.2, -0.15) is 0 Å². The SMILES string of the molecule is COc1ccc(C2(C3(CO)COC3)COC2)cc1. The second kappa shape index (κ2) is 4.23. The minimum Gasteiger partial charge on any atom is -0.497 e. The highest BCUT2D eigenvalue weighted by Crippen LogP contribution is 2.51. The van der Waals surface area contributed by atoms with Crippen LogP contribution in [0.2, 0.25) is 0 Å². The van der Waals surface area contributed by atoms with Crippen LogP contribution >= 0.6 is 0 Å². The Labute approximate surface area is 106 Å². The Morgan fingerprint density at radius 2 is 1.72 bits per heavy atom. The molecular weight excluding hydrogens is 232 g/mol. The first-order valence-electron chi connectivity index (χ1n) is 6.17. The number of aliphatic hydroxyl groups is 1. The van der Waals surface area contributed by atoms with Gasteiger partial charge in [0.15, 0.2) is 0 Å². The number of ether oxygens (including phenoxy) is 3. The lowest BCUT2D eigenvalue weighted by Gasteiger charge is -2.58. The summed E-state index contributed by atoms with van der Waals surface area (Å²) in [7, 11) is 1.66. The average molecular weight is 250 g/mol. The first-order valence-corrected chi connectivity index (χ1v) is 6.17. The standard InChI is InChI=1S/C14H18O4/c1-16-12-4-2-11(3-5-12)14(9-18-10-14)13(6-15)7-17-8-13/h2-5,15H,6-10H2,1H3. The van der Waals surface area contributed by atoms with Gasteiger partial charge in [0.1, 0.15) is 5.75 Å². The van der Waals surface area contributed by atoms with Crippen molar-refractivity contribution in [2.75, 3.05) is 40.1 Å². The molecule has 2 aliphatic rings. The maximum Gasteiger partial charge on any atom is 0.118 e. The van der Waals surface area contributed by atoms with Gasteiger partial charge in [0, 0.05) is 0 Å². The van der Waals surface area contributed by atoms with Crippen LogP contribution in [0.4, 0.5) is 0 Å². The molecule has 1 aromatic rings. The second-order valence-electron chi connectivity index (χ2n) is 5.23. The number of benzene rings is 1. The Balaban J connectivity index is 1.95. The Hall–Kier alpha value is -1.10. The molecule has 2 aliphatic heterocycles. The summed E-state index contributed by atoms with van der Waals surface area (Å²) in [4.78, 5) is 0. The van der Waals surface area contributed by atoms with Crippen molar-refractivity contribution in [1.29, 1.82) is 0 Å². The molecule has 2 saturated heterocycles. The van der Waals surface area contributed by atoms with Crippen LogP contribution in [0.5, 0.6) is 5.75 Å². The summed E-state index contributed by atoms with van der Waals surface area (Å²) in [6.45, 7) is 2.67. The zero-order chi connectivity index (χ0) is 12.6. The third-order valence-electron chi connectivity index (χ3n) is 4.41. The molecule has 0 aliphatic carbocycles. The molecule has 0 bridgehead atoms.